The summed E-state index contributed by atoms with van der Waals surface area (Å²) in [7, 11) is 0. The zero-order valence-electron chi connectivity index (χ0n) is 6.20. The van der Waals surface area contributed by atoms with Gasteiger partial charge in [0, 0.05) is 9.80 Å². The Morgan fingerprint density at radius 2 is 2.15 bits per heavy atom. The molecular weight excluding hydrogens is 423 g/mol. The quantitative estimate of drug-likeness (QED) is 0.391. The number of hydrogen-bond acceptors (Lipinski definition) is 1. The summed E-state index contributed by atoms with van der Waals surface area (Å²) in [6.07, 6.45) is -2.52. The average Bonchev–Trinajstić information content (AvgIpc) is 2.08. The Kier molecular flexibility index (Phi) is 4.50. The molecule has 0 bridgehead atoms. The van der Waals surface area contributed by atoms with Crippen LogP contribution in [0.5, 0.6) is 0 Å². The van der Waals surface area contributed by atoms with Gasteiger partial charge in [-0.05, 0) is 50.2 Å². The van der Waals surface area contributed by atoms with E-state index in [4.69, 9.17) is 0 Å². The predicted molar refractivity (Wildman–Crippen MR) is 62.2 cm³/mol. The fraction of sp³-hybridized carbons (Fsp3) is 0.286. The molecule has 0 aliphatic rings. The molecule has 0 aromatic carbocycles. The van der Waals surface area contributed by atoms with Gasteiger partial charge in [0.1, 0.15) is 9.39 Å². The van der Waals surface area contributed by atoms with E-state index in [1.165, 1.54) is 0 Å². The van der Waals surface area contributed by atoms with E-state index in [2.05, 4.69) is 36.8 Å². The topological polar surface area (TPSA) is 12.9 Å². The van der Waals surface area contributed by atoms with Gasteiger partial charge in [-0.25, -0.2) is 13.8 Å². The van der Waals surface area contributed by atoms with E-state index in [0.717, 1.165) is 4.47 Å². The molecule has 1 aromatic rings. The minimum atomic E-state index is -2.52. The maximum Gasteiger partial charge on any atom is 0.280 e. The standard InChI is InChI=1S/C7H4Br2F2IN/c8-2-3-1-4(9)7(12)13-5(3)6(10)11/h1,6H,2H2. The molecule has 0 radical (unpaired) electrons. The van der Waals surface area contributed by atoms with E-state index >= 15 is 0 Å². The highest BCUT2D eigenvalue weighted by molar-refractivity contribution is 14.1. The van der Waals surface area contributed by atoms with E-state index in [9.17, 15) is 8.78 Å². The maximum absolute atomic E-state index is 12.4. The van der Waals surface area contributed by atoms with Crippen molar-refractivity contribution in [3.8, 4) is 0 Å². The number of pyridine rings is 1. The van der Waals surface area contributed by atoms with Crippen LogP contribution in [0.3, 0.4) is 0 Å². The summed E-state index contributed by atoms with van der Waals surface area (Å²) in [6.45, 7) is 0. The Labute approximate surface area is 105 Å². The second kappa shape index (κ2) is 4.97. The van der Waals surface area contributed by atoms with E-state index in [1.807, 2.05) is 22.6 Å². The average molecular weight is 427 g/mol. The molecule has 0 saturated carbocycles. The predicted octanol–water partition coefficient (Wildman–Crippen LogP) is 4.28. The van der Waals surface area contributed by atoms with Crippen LogP contribution in [0, 0.1) is 3.70 Å². The van der Waals surface area contributed by atoms with Gasteiger partial charge in [0.15, 0.2) is 0 Å². The first kappa shape index (κ1) is 11.8. The van der Waals surface area contributed by atoms with Gasteiger partial charge in [0.05, 0.1) is 0 Å². The number of nitrogens with zero attached hydrogens (tertiary/aromatic N) is 1. The summed E-state index contributed by atoms with van der Waals surface area (Å²) in [5.74, 6) is 0. The van der Waals surface area contributed by atoms with Crippen molar-refractivity contribution in [2.45, 2.75) is 11.8 Å². The van der Waals surface area contributed by atoms with Crippen LogP contribution in [0.2, 0.25) is 0 Å². The van der Waals surface area contributed by atoms with Gasteiger partial charge in [0.25, 0.3) is 6.43 Å². The van der Waals surface area contributed by atoms with Gasteiger partial charge < -0.3 is 0 Å². The Morgan fingerprint density at radius 3 is 2.62 bits per heavy atom. The molecule has 0 atom stereocenters. The van der Waals surface area contributed by atoms with E-state index in [-0.39, 0.29) is 5.69 Å². The maximum atomic E-state index is 12.4. The SMILES string of the molecule is FC(F)c1nc(I)c(Br)cc1CBr. The lowest BCUT2D eigenvalue weighted by Crippen LogP contribution is -1.99. The number of rotatable bonds is 2. The molecule has 6 heteroatoms. The summed E-state index contributed by atoms with van der Waals surface area (Å²) in [4.78, 5) is 3.80. The zero-order valence-corrected chi connectivity index (χ0v) is 11.5. The minimum Gasteiger partial charge on any atom is -0.239 e. The van der Waals surface area contributed by atoms with Gasteiger partial charge in [-0.1, -0.05) is 15.9 Å². The first-order valence-corrected chi connectivity index (χ1v) is 6.24. The van der Waals surface area contributed by atoms with Crippen LogP contribution in [0.15, 0.2) is 10.5 Å². The molecule has 1 nitrogen and oxygen atoms in total. The van der Waals surface area contributed by atoms with E-state index < -0.39 is 6.43 Å². The van der Waals surface area contributed by atoms with Gasteiger partial charge in [-0.15, -0.1) is 0 Å². The van der Waals surface area contributed by atoms with Crippen molar-refractivity contribution in [3.63, 3.8) is 0 Å². The highest BCUT2D eigenvalue weighted by Crippen LogP contribution is 2.28. The molecular formula is C7H4Br2F2IN. The normalized spacial score (nSPS) is 10.9. The number of halogens is 5. The molecule has 0 fully saturated rings. The summed E-state index contributed by atoms with van der Waals surface area (Å²) < 4.78 is 26.1. The third-order valence-corrected chi connectivity index (χ3v) is 4.17. The van der Waals surface area contributed by atoms with Gasteiger partial charge >= 0.3 is 0 Å². The lowest BCUT2D eigenvalue weighted by molar-refractivity contribution is 0.145. The van der Waals surface area contributed by atoms with Crippen LogP contribution < -0.4 is 0 Å². The van der Waals surface area contributed by atoms with Crippen LogP contribution in [-0.2, 0) is 5.33 Å². The van der Waals surface area contributed by atoms with Gasteiger partial charge in [-0.3, -0.25) is 0 Å². The monoisotopic (exact) mass is 425 g/mol. The minimum absolute atomic E-state index is 0.149. The Bertz CT molecular complexity index is 320. The molecule has 13 heavy (non-hydrogen) atoms. The van der Waals surface area contributed by atoms with Crippen molar-refractivity contribution in [2.75, 3.05) is 0 Å². The molecule has 1 aromatic heterocycles. The lowest BCUT2D eigenvalue weighted by Gasteiger charge is -2.06. The summed E-state index contributed by atoms with van der Waals surface area (Å²) in [6, 6.07) is 1.66. The fourth-order valence-electron chi connectivity index (χ4n) is 0.813. The Balaban J connectivity index is 3.25. The van der Waals surface area contributed by atoms with Crippen LogP contribution in [0.25, 0.3) is 0 Å². The van der Waals surface area contributed by atoms with Gasteiger partial charge in [-0.2, -0.15) is 0 Å². The van der Waals surface area contributed by atoms with Crippen molar-refractivity contribution < 1.29 is 8.78 Å². The molecule has 72 valence electrons. The molecule has 0 saturated heterocycles. The summed E-state index contributed by atoms with van der Waals surface area (Å²) in [5.41, 5.74) is 0.367. The molecule has 0 spiro atoms. The van der Waals surface area contributed by atoms with Crippen molar-refractivity contribution in [1.29, 1.82) is 0 Å². The van der Waals surface area contributed by atoms with E-state index in [0.29, 0.717) is 14.6 Å². The largest absolute Gasteiger partial charge is 0.280 e. The van der Waals surface area contributed by atoms with Crippen LogP contribution >= 0.6 is 54.5 Å². The van der Waals surface area contributed by atoms with Crippen LogP contribution in [0.4, 0.5) is 8.78 Å². The molecule has 0 unspecified atom stereocenters. The zero-order chi connectivity index (χ0) is 10.0. The highest BCUT2D eigenvalue weighted by atomic mass is 127. The lowest BCUT2D eigenvalue weighted by atomic mass is 10.2. The second-order valence-electron chi connectivity index (χ2n) is 2.24. The number of aromatic nitrogens is 1. The third kappa shape index (κ3) is 2.82. The smallest absolute Gasteiger partial charge is 0.239 e. The van der Waals surface area contributed by atoms with Crippen molar-refractivity contribution in [1.82, 2.24) is 4.98 Å². The molecule has 0 aliphatic heterocycles. The first-order chi connectivity index (χ1) is 6.06. The van der Waals surface area contributed by atoms with Crippen LogP contribution in [-0.4, -0.2) is 4.98 Å². The van der Waals surface area contributed by atoms with Crippen molar-refractivity contribution in [2.24, 2.45) is 0 Å². The van der Waals surface area contributed by atoms with Gasteiger partial charge in [0.2, 0.25) is 0 Å². The Morgan fingerprint density at radius 1 is 1.54 bits per heavy atom. The molecule has 1 heterocycles. The molecule has 0 N–H and O–H groups in total. The van der Waals surface area contributed by atoms with Crippen molar-refractivity contribution >= 4 is 54.5 Å². The number of alkyl halides is 3. The first-order valence-electron chi connectivity index (χ1n) is 3.25. The molecule has 1 rings (SSSR count). The fourth-order valence-corrected chi connectivity index (χ4v) is 2.04. The van der Waals surface area contributed by atoms with Crippen molar-refractivity contribution in [3.05, 3.63) is 25.5 Å². The summed E-state index contributed by atoms with van der Waals surface area (Å²) in [5, 5.41) is 0.384. The van der Waals surface area contributed by atoms with Crippen LogP contribution in [0.1, 0.15) is 17.7 Å². The third-order valence-electron chi connectivity index (χ3n) is 1.40. The molecule has 0 amide bonds. The summed E-state index contributed by atoms with van der Waals surface area (Å²) >= 11 is 8.28. The second-order valence-corrected chi connectivity index (χ2v) is 4.68. The highest BCUT2D eigenvalue weighted by Gasteiger charge is 2.16. The Hall–Kier alpha value is 0.700. The number of hydrogen-bond donors (Lipinski definition) is 0. The molecule has 0 aliphatic carbocycles. The van der Waals surface area contributed by atoms with E-state index in [1.54, 1.807) is 6.07 Å².